The van der Waals surface area contributed by atoms with Gasteiger partial charge in [-0.1, -0.05) is 6.92 Å². The molecule has 0 aromatic rings. The van der Waals surface area contributed by atoms with E-state index in [-0.39, 0.29) is 60.0 Å². The van der Waals surface area contributed by atoms with Crippen LogP contribution in [0, 0.1) is 34.5 Å². The number of hydrogen-bond acceptors (Lipinski definition) is 10. The van der Waals surface area contributed by atoms with Crippen molar-refractivity contribution in [3.05, 3.63) is 12.2 Å². The van der Waals surface area contributed by atoms with Gasteiger partial charge in [0.05, 0.1) is 23.9 Å². The van der Waals surface area contributed by atoms with E-state index in [1.807, 2.05) is 19.2 Å². The van der Waals surface area contributed by atoms with E-state index in [1.165, 1.54) is 6.08 Å². The number of carbonyl (C=O) groups is 1. The van der Waals surface area contributed by atoms with Crippen molar-refractivity contribution in [1.82, 2.24) is 0 Å². The summed E-state index contributed by atoms with van der Waals surface area (Å²) in [5.41, 5.74) is -1.69. The van der Waals surface area contributed by atoms with E-state index in [0.717, 1.165) is 38.5 Å². The van der Waals surface area contributed by atoms with Gasteiger partial charge >= 0.3 is 5.97 Å². The van der Waals surface area contributed by atoms with Crippen LogP contribution in [0.2, 0.25) is 0 Å². The van der Waals surface area contributed by atoms with Gasteiger partial charge in [-0.2, -0.15) is 0 Å². The molecule has 0 radical (unpaired) electrons. The number of hydrogen-bond donors (Lipinski definition) is 3. The van der Waals surface area contributed by atoms with E-state index >= 15 is 0 Å². The summed E-state index contributed by atoms with van der Waals surface area (Å²) in [4.78, 5) is 15.8. The minimum atomic E-state index is -1.77. The number of aliphatic hydroxyl groups excluding tert-OH is 1. The smallest absolute Gasteiger partial charge is 0.331 e. The molecule has 8 aliphatic rings. The maximum Gasteiger partial charge on any atom is 0.331 e. The van der Waals surface area contributed by atoms with E-state index in [0.29, 0.717) is 25.0 Å². The third-order valence-corrected chi connectivity index (χ3v) is 14.8. The second-order valence-electron chi connectivity index (χ2n) is 15.0. The van der Waals surface area contributed by atoms with Gasteiger partial charge in [-0.25, -0.2) is 4.79 Å². The van der Waals surface area contributed by atoms with Crippen LogP contribution in [0.3, 0.4) is 0 Å². The van der Waals surface area contributed by atoms with Gasteiger partial charge in [0, 0.05) is 47.8 Å². The molecule has 0 bridgehead atoms. The lowest BCUT2D eigenvalue weighted by molar-refractivity contribution is -0.490. The first-order valence-electron chi connectivity index (χ1n) is 16.1. The van der Waals surface area contributed by atoms with Crippen molar-refractivity contribution in [2.45, 2.75) is 125 Å². The van der Waals surface area contributed by atoms with Gasteiger partial charge in [0.25, 0.3) is 5.79 Å². The molecule has 3 N–H and O–H groups in total. The summed E-state index contributed by atoms with van der Waals surface area (Å²) in [6, 6.07) is 0. The van der Waals surface area contributed by atoms with Crippen molar-refractivity contribution in [3.8, 4) is 0 Å². The number of ether oxygens (including phenoxy) is 4. The number of aliphatic hydroxyl groups is 3. The first-order chi connectivity index (χ1) is 19.9. The van der Waals surface area contributed by atoms with Crippen LogP contribution in [-0.4, -0.2) is 86.3 Å². The van der Waals surface area contributed by atoms with Crippen LogP contribution in [0.4, 0.5) is 0 Å². The molecule has 14 unspecified atom stereocenters. The highest BCUT2D eigenvalue weighted by Gasteiger charge is 2.75. The highest BCUT2D eigenvalue weighted by molar-refractivity contribution is 8.01. The van der Waals surface area contributed by atoms with Crippen LogP contribution >= 0.6 is 11.8 Å². The van der Waals surface area contributed by atoms with Gasteiger partial charge in [0.15, 0.2) is 4.87 Å². The van der Waals surface area contributed by atoms with E-state index in [2.05, 4.69) is 6.92 Å². The maximum atomic E-state index is 12.6. The Bertz CT molecular complexity index is 1230. The van der Waals surface area contributed by atoms with Crippen LogP contribution in [0.25, 0.3) is 0 Å². The maximum absolute atomic E-state index is 12.6. The molecule has 4 saturated carbocycles. The number of esters is 1. The summed E-state index contributed by atoms with van der Waals surface area (Å²) < 4.78 is 25.5. The van der Waals surface area contributed by atoms with Crippen molar-refractivity contribution in [2.75, 3.05) is 12.4 Å². The first-order valence-corrected chi connectivity index (χ1v) is 17.1. The van der Waals surface area contributed by atoms with Crippen molar-refractivity contribution < 1.29 is 39.1 Å². The lowest BCUT2D eigenvalue weighted by Crippen LogP contribution is -2.78. The number of cyclic esters (lactones) is 1. The summed E-state index contributed by atoms with van der Waals surface area (Å²) in [6.45, 7) is 6.02. The van der Waals surface area contributed by atoms with Crippen molar-refractivity contribution >= 4 is 23.9 Å². The molecule has 1 spiro atoms. The number of aliphatic imine (C=N–C) groups is 1. The average molecular weight is 604 g/mol. The number of rotatable bonds is 2. The zero-order valence-corrected chi connectivity index (χ0v) is 25.7. The molecule has 10 heteroatoms. The van der Waals surface area contributed by atoms with E-state index < -0.39 is 33.6 Å². The largest absolute Gasteiger partial charge is 0.455 e. The number of nitrogens with zero attached hydrogens (tertiary/aromatic N) is 1. The molecule has 14 atom stereocenters. The van der Waals surface area contributed by atoms with E-state index in [9.17, 15) is 20.1 Å². The highest BCUT2D eigenvalue weighted by Crippen LogP contribution is 2.71. The van der Waals surface area contributed by atoms with E-state index in [1.54, 1.807) is 18.7 Å². The number of thioether (sulfide) groups is 1. The Hall–Kier alpha value is -1.01. The summed E-state index contributed by atoms with van der Waals surface area (Å²) >= 11 is 1.58. The predicted octanol–water partition coefficient (Wildman–Crippen LogP) is 3.34. The predicted molar refractivity (Wildman–Crippen MR) is 154 cm³/mol. The molecule has 2 saturated heterocycles. The molecule has 8 rings (SSSR count). The lowest BCUT2D eigenvalue weighted by atomic mass is 9.42. The summed E-state index contributed by atoms with van der Waals surface area (Å²) in [5, 5.41) is 36.2. The average Bonchev–Trinajstić information content (AvgIpc) is 3.65. The fourth-order valence-corrected chi connectivity index (χ4v) is 12.9. The third kappa shape index (κ3) is 3.38. The number of fused-ring (bicyclic) bond motifs is 8. The first kappa shape index (κ1) is 28.5. The molecule has 0 aromatic heterocycles. The molecule has 0 aromatic carbocycles. The molecule has 4 aliphatic heterocycles. The molecule has 42 heavy (non-hydrogen) atoms. The van der Waals surface area contributed by atoms with Gasteiger partial charge in [-0.3, -0.25) is 4.99 Å². The zero-order chi connectivity index (χ0) is 29.3. The second-order valence-corrected chi connectivity index (χ2v) is 16.3. The fraction of sp³-hybridized carbons (Fsp3) is 0.875. The highest BCUT2D eigenvalue weighted by atomic mass is 32.2. The summed E-state index contributed by atoms with van der Waals surface area (Å²) in [5.74, 6) is -2.24. The lowest BCUT2D eigenvalue weighted by Gasteiger charge is -2.67. The Morgan fingerprint density at radius 2 is 1.81 bits per heavy atom. The number of carbonyl (C=O) groups excluding carboxylic acids is 1. The third-order valence-electron chi connectivity index (χ3n) is 13.5. The molecular formula is C32H45NO8S. The van der Waals surface area contributed by atoms with Crippen molar-refractivity contribution in [3.63, 3.8) is 0 Å². The van der Waals surface area contributed by atoms with Gasteiger partial charge in [-0.15, -0.1) is 11.8 Å². The van der Waals surface area contributed by atoms with E-state index in [4.69, 9.17) is 23.9 Å². The van der Waals surface area contributed by atoms with Crippen LogP contribution in [0.5, 0.6) is 0 Å². The molecule has 4 heterocycles. The molecule has 4 aliphatic carbocycles. The molecule has 0 amide bonds. The van der Waals surface area contributed by atoms with Crippen molar-refractivity contribution in [2.24, 2.45) is 39.5 Å². The quantitative estimate of drug-likeness (QED) is 0.322. The van der Waals surface area contributed by atoms with Crippen LogP contribution in [0.1, 0.15) is 78.6 Å². The summed E-state index contributed by atoms with van der Waals surface area (Å²) in [6.07, 6.45) is 11.0. The van der Waals surface area contributed by atoms with Crippen LogP contribution < -0.4 is 0 Å². The van der Waals surface area contributed by atoms with Gasteiger partial charge in [0.2, 0.25) is 5.79 Å². The molecule has 9 nitrogen and oxygen atoms in total. The monoisotopic (exact) mass is 603 g/mol. The SMILES string of the molecule is CC1CC2(N=CCS2)C2(O)OC3CC4(CO)C(CCC5C4CCC4(C)C(C6C=CC(=O)O6)CCC54O)CC3OC2(C)O1. The van der Waals surface area contributed by atoms with Gasteiger partial charge in [0.1, 0.15) is 6.10 Å². The molecule has 232 valence electrons. The Kier molecular flexibility index (Phi) is 6.13. The second kappa shape index (κ2) is 9.04. The van der Waals surface area contributed by atoms with Crippen LogP contribution in [0.15, 0.2) is 17.1 Å². The fourth-order valence-electron chi connectivity index (χ4n) is 11.6. The van der Waals surface area contributed by atoms with Crippen molar-refractivity contribution in [1.29, 1.82) is 0 Å². The topological polar surface area (TPSA) is 127 Å². The minimum absolute atomic E-state index is 0.0197. The van der Waals surface area contributed by atoms with Gasteiger partial charge < -0.3 is 34.3 Å². The Morgan fingerprint density at radius 1 is 1.00 bits per heavy atom. The standard InChI is InChI=1S/C32H45NO8S/c1-18-15-31(33-12-13-42-31)32(37)28(3,39-18)40-24-14-19-4-5-21-20(29(19,17-34)16-25(24)41-32)8-10-27(2)22(9-11-30(21,27)36)23-6-7-26(35)38-23/h6-7,12,18-25,34,36-37H,4-5,8-11,13-17H2,1-3H3. The van der Waals surface area contributed by atoms with Gasteiger partial charge in [-0.05, 0) is 89.0 Å². The molecular weight excluding hydrogens is 558 g/mol. The minimum Gasteiger partial charge on any atom is -0.455 e. The normalized spacial score (nSPS) is 59.5. The van der Waals surface area contributed by atoms with Crippen LogP contribution in [-0.2, 0) is 23.7 Å². The Morgan fingerprint density at radius 3 is 2.52 bits per heavy atom. The Labute approximate surface area is 251 Å². The zero-order valence-electron chi connectivity index (χ0n) is 24.9. The molecule has 6 fully saturated rings. The Balaban J connectivity index is 1.11. The summed E-state index contributed by atoms with van der Waals surface area (Å²) in [7, 11) is 0.